The Balaban J connectivity index is 2.21. The molecule has 0 N–H and O–H groups in total. The lowest BCUT2D eigenvalue weighted by Crippen LogP contribution is -2.43. The monoisotopic (exact) mass is 294 g/mol. The summed E-state index contributed by atoms with van der Waals surface area (Å²) in [6, 6.07) is 6.16. The van der Waals surface area contributed by atoms with Gasteiger partial charge in [-0.3, -0.25) is 14.9 Å². The van der Waals surface area contributed by atoms with Crippen molar-refractivity contribution in [2.45, 2.75) is 19.1 Å². The van der Waals surface area contributed by atoms with Crippen LogP contribution in [0.1, 0.15) is 24.2 Å². The number of rotatable bonds is 3. The molecule has 1 aliphatic rings. The van der Waals surface area contributed by atoms with E-state index in [9.17, 15) is 14.9 Å². The second-order valence-electron chi connectivity index (χ2n) is 5.18. The van der Waals surface area contributed by atoms with Gasteiger partial charge in [0.15, 0.2) is 0 Å². The van der Waals surface area contributed by atoms with Crippen molar-refractivity contribution in [3.63, 3.8) is 0 Å². The first-order valence-corrected chi connectivity index (χ1v) is 7.70. The molecule has 0 unspecified atom stereocenters. The smallest absolute Gasteiger partial charge is 0.282 e. The zero-order valence-corrected chi connectivity index (χ0v) is 12.4. The molecule has 0 radical (unpaired) electrons. The average Bonchev–Trinajstić information content (AvgIpc) is 2.46. The Morgan fingerprint density at radius 1 is 1.45 bits per heavy atom. The SMILES string of the molecule is CC(C)[C@@H]1CN(C(=O)c2ccccc2[N+](=O)[O-])CCS1. The third kappa shape index (κ3) is 3.12. The van der Waals surface area contributed by atoms with Crippen molar-refractivity contribution in [3.8, 4) is 0 Å². The minimum Gasteiger partial charge on any atom is -0.336 e. The summed E-state index contributed by atoms with van der Waals surface area (Å²) in [5.41, 5.74) is 0.0729. The molecule has 1 amide bonds. The molecule has 0 spiro atoms. The van der Waals surface area contributed by atoms with Crippen molar-refractivity contribution in [1.82, 2.24) is 4.90 Å². The van der Waals surface area contributed by atoms with Crippen LogP contribution < -0.4 is 0 Å². The number of nitro benzene ring substituents is 1. The number of nitro groups is 1. The van der Waals surface area contributed by atoms with E-state index in [1.54, 1.807) is 17.0 Å². The molecule has 1 fully saturated rings. The average molecular weight is 294 g/mol. The lowest BCUT2D eigenvalue weighted by molar-refractivity contribution is -0.385. The van der Waals surface area contributed by atoms with Gasteiger partial charge in [-0.15, -0.1) is 0 Å². The van der Waals surface area contributed by atoms with Gasteiger partial charge in [0.1, 0.15) is 5.56 Å². The second-order valence-corrected chi connectivity index (χ2v) is 6.53. The van der Waals surface area contributed by atoms with Crippen molar-refractivity contribution in [2.75, 3.05) is 18.8 Å². The lowest BCUT2D eigenvalue weighted by Gasteiger charge is -2.34. The van der Waals surface area contributed by atoms with Crippen LogP contribution in [0.4, 0.5) is 5.69 Å². The highest BCUT2D eigenvalue weighted by molar-refractivity contribution is 8.00. The predicted octanol–water partition coefficient (Wildman–Crippen LogP) is 2.81. The predicted molar refractivity (Wildman–Crippen MR) is 80.1 cm³/mol. The lowest BCUT2D eigenvalue weighted by atomic mass is 10.1. The fourth-order valence-electron chi connectivity index (χ4n) is 2.25. The van der Waals surface area contributed by atoms with Crippen LogP contribution in [-0.4, -0.2) is 39.8 Å². The molecule has 1 atom stereocenters. The Morgan fingerprint density at radius 3 is 2.80 bits per heavy atom. The molecule has 0 aromatic heterocycles. The van der Waals surface area contributed by atoms with Gasteiger partial charge in [-0.1, -0.05) is 26.0 Å². The number of carbonyl (C=O) groups excluding carboxylic acids is 1. The number of amides is 1. The number of carbonyl (C=O) groups is 1. The van der Waals surface area contributed by atoms with Gasteiger partial charge in [-0.2, -0.15) is 11.8 Å². The topological polar surface area (TPSA) is 63.5 Å². The molecule has 0 bridgehead atoms. The van der Waals surface area contributed by atoms with Crippen LogP contribution in [-0.2, 0) is 0 Å². The molecule has 1 heterocycles. The minimum atomic E-state index is -0.494. The van der Waals surface area contributed by atoms with Crippen LogP contribution in [0.3, 0.4) is 0 Å². The molecule has 108 valence electrons. The number of nitrogens with zero attached hydrogens (tertiary/aromatic N) is 2. The van der Waals surface area contributed by atoms with E-state index >= 15 is 0 Å². The van der Waals surface area contributed by atoms with Crippen molar-refractivity contribution < 1.29 is 9.72 Å². The van der Waals surface area contributed by atoms with Crippen LogP contribution in [0, 0.1) is 16.0 Å². The normalized spacial score (nSPS) is 19.1. The number of thioether (sulfide) groups is 1. The molecule has 1 aliphatic heterocycles. The summed E-state index contributed by atoms with van der Waals surface area (Å²) < 4.78 is 0. The van der Waals surface area contributed by atoms with E-state index in [4.69, 9.17) is 0 Å². The molecule has 1 saturated heterocycles. The van der Waals surface area contributed by atoms with E-state index in [2.05, 4.69) is 13.8 Å². The summed E-state index contributed by atoms with van der Waals surface area (Å²) in [5, 5.41) is 11.4. The van der Waals surface area contributed by atoms with Gasteiger partial charge in [0.05, 0.1) is 4.92 Å². The number of hydrogen-bond donors (Lipinski definition) is 0. The summed E-state index contributed by atoms with van der Waals surface area (Å²) >= 11 is 1.87. The number of para-hydroxylation sites is 1. The maximum atomic E-state index is 12.5. The summed E-state index contributed by atoms with van der Waals surface area (Å²) in [4.78, 5) is 24.8. The van der Waals surface area contributed by atoms with Gasteiger partial charge in [0.2, 0.25) is 0 Å². The van der Waals surface area contributed by atoms with Crippen LogP contribution in [0.15, 0.2) is 24.3 Å². The van der Waals surface area contributed by atoms with E-state index in [1.165, 1.54) is 12.1 Å². The molecular formula is C14H18N2O3S. The van der Waals surface area contributed by atoms with E-state index in [-0.39, 0.29) is 17.2 Å². The van der Waals surface area contributed by atoms with Crippen LogP contribution in [0.2, 0.25) is 0 Å². The van der Waals surface area contributed by atoms with E-state index in [0.29, 0.717) is 24.3 Å². The van der Waals surface area contributed by atoms with Gasteiger partial charge >= 0.3 is 0 Å². The Labute approximate surface area is 122 Å². The van der Waals surface area contributed by atoms with Gasteiger partial charge < -0.3 is 4.90 Å². The summed E-state index contributed by atoms with van der Waals surface area (Å²) in [6.45, 7) is 5.58. The largest absolute Gasteiger partial charge is 0.336 e. The number of benzene rings is 1. The summed E-state index contributed by atoms with van der Waals surface area (Å²) in [6.07, 6.45) is 0. The van der Waals surface area contributed by atoms with Crippen LogP contribution >= 0.6 is 11.8 Å². The van der Waals surface area contributed by atoms with E-state index < -0.39 is 4.92 Å². The van der Waals surface area contributed by atoms with Gasteiger partial charge in [-0.25, -0.2) is 0 Å². The third-order valence-electron chi connectivity index (χ3n) is 3.46. The standard InChI is InChI=1S/C14H18N2O3S/c1-10(2)13-9-15(7-8-20-13)14(17)11-5-3-4-6-12(11)16(18)19/h3-6,10,13H,7-9H2,1-2H3/t13-/m0/s1. The van der Waals surface area contributed by atoms with Crippen molar-refractivity contribution in [1.29, 1.82) is 0 Å². The molecule has 1 aromatic rings. The molecule has 0 aliphatic carbocycles. The first-order chi connectivity index (χ1) is 9.50. The Hall–Kier alpha value is -1.56. The highest BCUT2D eigenvalue weighted by Gasteiger charge is 2.29. The van der Waals surface area contributed by atoms with Crippen LogP contribution in [0.5, 0.6) is 0 Å². The molecule has 20 heavy (non-hydrogen) atoms. The van der Waals surface area contributed by atoms with E-state index in [1.807, 2.05) is 11.8 Å². The molecule has 6 heteroatoms. The minimum absolute atomic E-state index is 0.114. The Bertz CT molecular complexity index is 519. The highest BCUT2D eigenvalue weighted by Crippen LogP contribution is 2.27. The molecule has 5 nitrogen and oxygen atoms in total. The third-order valence-corrected chi connectivity index (χ3v) is 5.00. The Kier molecular flexibility index (Phi) is 4.65. The zero-order valence-electron chi connectivity index (χ0n) is 11.6. The van der Waals surface area contributed by atoms with Crippen molar-refractivity contribution >= 4 is 23.4 Å². The Morgan fingerprint density at radius 2 is 2.15 bits per heavy atom. The fourth-order valence-corrected chi connectivity index (χ4v) is 3.55. The maximum Gasteiger partial charge on any atom is 0.282 e. The van der Waals surface area contributed by atoms with Crippen LogP contribution in [0.25, 0.3) is 0 Å². The van der Waals surface area contributed by atoms with Gasteiger partial charge in [0.25, 0.3) is 11.6 Å². The first-order valence-electron chi connectivity index (χ1n) is 6.65. The maximum absolute atomic E-state index is 12.5. The van der Waals surface area contributed by atoms with Crippen molar-refractivity contribution in [3.05, 3.63) is 39.9 Å². The van der Waals surface area contributed by atoms with E-state index in [0.717, 1.165) is 5.75 Å². The van der Waals surface area contributed by atoms with Gasteiger partial charge in [0, 0.05) is 30.2 Å². The second kappa shape index (κ2) is 6.26. The molecule has 1 aromatic carbocycles. The molecule has 2 rings (SSSR count). The summed E-state index contributed by atoms with van der Waals surface area (Å²) in [5.74, 6) is 1.14. The molecule has 0 saturated carbocycles. The zero-order chi connectivity index (χ0) is 14.7. The summed E-state index contributed by atoms with van der Waals surface area (Å²) in [7, 11) is 0. The highest BCUT2D eigenvalue weighted by atomic mass is 32.2. The fraction of sp³-hybridized carbons (Fsp3) is 0.500. The number of hydrogen-bond acceptors (Lipinski definition) is 4. The quantitative estimate of drug-likeness (QED) is 0.635. The molecular weight excluding hydrogens is 276 g/mol. The van der Waals surface area contributed by atoms with Gasteiger partial charge in [-0.05, 0) is 12.0 Å². The first kappa shape index (κ1) is 14.8. The van der Waals surface area contributed by atoms with Crippen molar-refractivity contribution in [2.24, 2.45) is 5.92 Å².